The molecule has 1 aliphatic rings. The third kappa shape index (κ3) is 12.9. The Morgan fingerprint density at radius 2 is 1.39 bits per heavy atom. The second-order valence-corrected chi connectivity index (χ2v) is 10.9. The van der Waals surface area contributed by atoms with Gasteiger partial charge in [-0.1, -0.05) is 84.0 Å². The van der Waals surface area contributed by atoms with E-state index in [1.807, 2.05) is 0 Å². The minimum atomic E-state index is -1.64. The SMILES string of the molecule is CCCCCCCCCCCCCC[C@@H](O)[C@@H](O)[C@H](COC1OC(CO)C(O)C(O)C1O)N=[S-](C)=O. The average Bonchev–Trinajstić information content (AvgIpc) is 2.86. The van der Waals surface area contributed by atoms with Crippen LogP contribution in [-0.4, -0.2) is 99.1 Å². The zero-order chi connectivity index (χ0) is 26.9. The lowest BCUT2D eigenvalue weighted by Gasteiger charge is -2.40. The van der Waals surface area contributed by atoms with Crippen LogP contribution in [-0.2, 0) is 24.3 Å². The molecule has 10 nitrogen and oxygen atoms in total. The van der Waals surface area contributed by atoms with E-state index in [4.69, 9.17) is 9.47 Å². The van der Waals surface area contributed by atoms with E-state index in [0.29, 0.717) is 6.42 Å². The molecular weight excluding hydrogens is 490 g/mol. The lowest BCUT2D eigenvalue weighted by atomic mass is 9.99. The van der Waals surface area contributed by atoms with Crippen molar-refractivity contribution in [1.29, 1.82) is 0 Å². The van der Waals surface area contributed by atoms with Crippen LogP contribution in [0.4, 0.5) is 0 Å². The molecule has 0 spiro atoms. The first-order chi connectivity index (χ1) is 17.2. The first-order valence-electron chi connectivity index (χ1n) is 13.6. The Bertz CT molecular complexity index is 633. The van der Waals surface area contributed by atoms with E-state index in [9.17, 15) is 34.8 Å². The molecule has 1 aliphatic heterocycles. The molecule has 0 aromatic rings. The fourth-order valence-electron chi connectivity index (χ4n) is 4.40. The van der Waals surface area contributed by atoms with Crippen LogP contribution in [0.2, 0.25) is 0 Å². The van der Waals surface area contributed by atoms with Gasteiger partial charge in [-0.15, -0.1) is 6.26 Å². The maximum atomic E-state index is 11.7. The Kier molecular flexibility index (Phi) is 18.4. The summed E-state index contributed by atoms with van der Waals surface area (Å²) in [6.07, 6.45) is 6.30. The predicted octanol–water partition coefficient (Wildman–Crippen LogP) is 1.76. The summed E-state index contributed by atoms with van der Waals surface area (Å²) in [7, 11) is -1.64. The molecule has 0 radical (unpaired) electrons. The van der Waals surface area contributed by atoms with E-state index in [0.717, 1.165) is 25.7 Å². The maximum Gasteiger partial charge on any atom is 0.186 e. The molecule has 0 saturated carbocycles. The minimum Gasteiger partial charge on any atom is -0.445 e. The van der Waals surface area contributed by atoms with Gasteiger partial charge in [0.25, 0.3) is 0 Å². The Labute approximate surface area is 218 Å². The zero-order valence-corrected chi connectivity index (χ0v) is 22.8. The largest absolute Gasteiger partial charge is 0.445 e. The van der Waals surface area contributed by atoms with Gasteiger partial charge in [0.15, 0.2) is 6.29 Å². The van der Waals surface area contributed by atoms with Gasteiger partial charge in [0.2, 0.25) is 0 Å². The van der Waals surface area contributed by atoms with Crippen LogP contribution in [0.1, 0.15) is 90.4 Å². The number of aliphatic hydroxyl groups is 6. The molecule has 36 heavy (non-hydrogen) atoms. The third-order valence-electron chi connectivity index (χ3n) is 6.71. The standard InChI is InChI=1S/C25H50NO9S/c1-3-4-5-6-7-8-9-10-11-12-13-14-15-19(28)21(29)18(26-36(2)33)17-34-25-24(32)23(31)22(30)20(16-27)35-25/h18-25,27-32H,3-17H2,1-2H3/q-1/t18-,19+,20?,21-,22?,23?,24?,25?/m0/s1. The van der Waals surface area contributed by atoms with Crippen molar-refractivity contribution in [3.05, 3.63) is 0 Å². The average molecular weight is 541 g/mol. The summed E-state index contributed by atoms with van der Waals surface area (Å²) in [5.74, 6) is 0. The number of ether oxygens (including phenoxy) is 2. The monoisotopic (exact) mass is 540 g/mol. The van der Waals surface area contributed by atoms with Crippen LogP contribution < -0.4 is 0 Å². The summed E-state index contributed by atoms with van der Waals surface area (Å²) in [4.78, 5) is 0. The number of hydrogen-bond donors (Lipinski definition) is 6. The maximum absolute atomic E-state index is 11.7. The molecular formula is C25H50NO9S-. The molecule has 0 aromatic heterocycles. The second-order valence-electron chi connectivity index (χ2n) is 9.86. The summed E-state index contributed by atoms with van der Waals surface area (Å²) in [5, 5.41) is 60.2. The lowest BCUT2D eigenvalue weighted by Crippen LogP contribution is -2.59. The van der Waals surface area contributed by atoms with Gasteiger partial charge in [-0.2, -0.15) is 10.6 Å². The highest BCUT2D eigenvalue weighted by Gasteiger charge is 2.44. The van der Waals surface area contributed by atoms with E-state index >= 15 is 0 Å². The van der Waals surface area contributed by atoms with Gasteiger partial charge in [0.05, 0.1) is 25.4 Å². The van der Waals surface area contributed by atoms with Crippen molar-refractivity contribution >= 4 is 10.6 Å². The van der Waals surface area contributed by atoms with E-state index in [-0.39, 0.29) is 6.61 Å². The second kappa shape index (κ2) is 19.7. The van der Waals surface area contributed by atoms with E-state index in [1.165, 1.54) is 57.6 Å². The highest BCUT2D eigenvalue weighted by atomic mass is 32.2. The molecule has 5 unspecified atom stereocenters. The summed E-state index contributed by atoms with van der Waals surface area (Å²) >= 11 is 0. The van der Waals surface area contributed by atoms with Gasteiger partial charge in [0.1, 0.15) is 30.5 Å². The van der Waals surface area contributed by atoms with E-state index < -0.39 is 66.2 Å². The molecule has 11 heteroatoms. The molecule has 0 amide bonds. The molecule has 6 N–H and O–H groups in total. The highest BCUT2D eigenvalue weighted by Crippen LogP contribution is 2.23. The third-order valence-corrected chi connectivity index (χ3v) is 7.27. The molecule has 0 bridgehead atoms. The first-order valence-corrected chi connectivity index (χ1v) is 15.1. The first kappa shape index (κ1) is 33.7. The molecule has 1 fully saturated rings. The van der Waals surface area contributed by atoms with E-state index in [2.05, 4.69) is 11.3 Å². The normalized spacial score (nSPS) is 28.2. The smallest absolute Gasteiger partial charge is 0.186 e. The number of aliphatic hydroxyl groups excluding tert-OH is 6. The van der Waals surface area contributed by atoms with Crippen molar-refractivity contribution in [3.8, 4) is 0 Å². The Hall–Kier alpha value is -0.370. The van der Waals surface area contributed by atoms with Crippen molar-refractivity contribution in [2.75, 3.05) is 19.5 Å². The van der Waals surface area contributed by atoms with Crippen molar-refractivity contribution in [2.45, 2.75) is 139 Å². The highest BCUT2D eigenvalue weighted by molar-refractivity contribution is 7.74. The van der Waals surface area contributed by atoms with Crippen LogP contribution in [0, 0.1) is 0 Å². The summed E-state index contributed by atoms with van der Waals surface area (Å²) in [6, 6.07) is -1.06. The fraction of sp³-hybridized carbons (Fsp3) is 1.00. The number of unbranched alkanes of at least 4 members (excludes halogenated alkanes) is 11. The molecule has 216 valence electrons. The van der Waals surface area contributed by atoms with Crippen molar-refractivity contribution < 1.29 is 44.3 Å². The van der Waals surface area contributed by atoms with Crippen molar-refractivity contribution in [2.24, 2.45) is 4.36 Å². The molecule has 1 heterocycles. The summed E-state index contributed by atoms with van der Waals surface area (Å²) in [5.41, 5.74) is 0. The van der Waals surface area contributed by atoms with Gasteiger partial charge in [-0.3, -0.25) is 0 Å². The van der Waals surface area contributed by atoms with E-state index in [1.54, 1.807) is 0 Å². The Morgan fingerprint density at radius 1 is 0.861 bits per heavy atom. The van der Waals surface area contributed by atoms with Crippen LogP contribution in [0.5, 0.6) is 0 Å². The molecule has 0 aliphatic carbocycles. The predicted molar refractivity (Wildman–Crippen MR) is 138 cm³/mol. The minimum absolute atomic E-state index is 0.348. The van der Waals surface area contributed by atoms with Crippen LogP contribution in [0.3, 0.4) is 0 Å². The van der Waals surface area contributed by atoms with Gasteiger partial charge in [0, 0.05) is 0 Å². The zero-order valence-electron chi connectivity index (χ0n) is 22.0. The van der Waals surface area contributed by atoms with Gasteiger partial charge in [-0.25, -0.2) is 0 Å². The molecule has 8 atom stereocenters. The molecule has 0 aromatic carbocycles. The van der Waals surface area contributed by atoms with Crippen LogP contribution in [0.25, 0.3) is 0 Å². The quantitative estimate of drug-likeness (QED) is 0.0995. The number of hydrogen-bond acceptors (Lipinski definition) is 11. The Morgan fingerprint density at radius 3 is 1.89 bits per heavy atom. The fourth-order valence-corrected chi connectivity index (χ4v) is 4.97. The summed E-state index contributed by atoms with van der Waals surface area (Å²) in [6.45, 7) is 1.28. The molecule has 1 rings (SSSR count). The lowest BCUT2D eigenvalue weighted by molar-refractivity contribution is -0.302. The summed E-state index contributed by atoms with van der Waals surface area (Å²) < 4.78 is 26.3. The van der Waals surface area contributed by atoms with Gasteiger partial charge < -0.3 is 48.7 Å². The number of rotatable bonds is 20. The molecule has 1 saturated heterocycles. The van der Waals surface area contributed by atoms with Gasteiger partial charge in [-0.05, 0) is 6.42 Å². The Balaban J connectivity index is 2.36. The topological polar surface area (TPSA) is 169 Å². The van der Waals surface area contributed by atoms with Gasteiger partial charge >= 0.3 is 0 Å². The van der Waals surface area contributed by atoms with Crippen LogP contribution in [0.15, 0.2) is 4.36 Å². The van der Waals surface area contributed by atoms with Crippen LogP contribution >= 0.6 is 0 Å². The number of nitrogens with zero attached hydrogens (tertiary/aromatic N) is 1. The van der Waals surface area contributed by atoms with Crippen molar-refractivity contribution in [3.63, 3.8) is 0 Å². The van der Waals surface area contributed by atoms with Crippen molar-refractivity contribution in [1.82, 2.24) is 0 Å².